The first-order valence-corrected chi connectivity index (χ1v) is 8.69. The number of rotatable bonds is 7. The van der Waals surface area contributed by atoms with Gasteiger partial charge in [-0.05, 0) is 37.3 Å². The van der Waals surface area contributed by atoms with Crippen LogP contribution in [0.4, 0.5) is 5.69 Å². The van der Waals surface area contributed by atoms with Gasteiger partial charge in [-0.3, -0.25) is 0 Å². The zero-order chi connectivity index (χ0) is 15.1. The minimum Gasteiger partial charge on any atom is -0.390 e. The summed E-state index contributed by atoms with van der Waals surface area (Å²) in [6, 6.07) is 10.6. The van der Waals surface area contributed by atoms with E-state index in [9.17, 15) is 5.11 Å². The van der Waals surface area contributed by atoms with Gasteiger partial charge in [0.1, 0.15) is 0 Å². The summed E-state index contributed by atoms with van der Waals surface area (Å²) in [5.74, 6) is 0.693. The van der Waals surface area contributed by atoms with Crippen LogP contribution in [0, 0.1) is 5.92 Å². The standard InChI is InChI=1S/C19H31NO/c1-3-5-9-17(4-2)16-19(21)12-14-20(15-13-19)18-10-7-6-8-11-18/h6-8,10-11,17,21H,3-5,9,12-16H2,1-2H3. The zero-order valence-electron chi connectivity index (χ0n) is 13.7. The average Bonchev–Trinajstić information content (AvgIpc) is 2.53. The average molecular weight is 289 g/mol. The lowest BCUT2D eigenvalue weighted by Gasteiger charge is -2.41. The summed E-state index contributed by atoms with van der Waals surface area (Å²) in [4.78, 5) is 2.40. The van der Waals surface area contributed by atoms with Gasteiger partial charge in [0.2, 0.25) is 0 Å². The number of para-hydroxylation sites is 1. The summed E-state index contributed by atoms with van der Waals surface area (Å²) in [5, 5.41) is 10.9. The van der Waals surface area contributed by atoms with Crippen molar-refractivity contribution in [2.45, 2.75) is 64.4 Å². The maximum Gasteiger partial charge on any atom is 0.0684 e. The quantitative estimate of drug-likeness (QED) is 0.791. The predicted molar refractivity (Wildman–Crippen MR) is 90.8 cm³/mol. The second-order valence-corrected chi connectivity index (χ2v) is 6.67. The van der Waals surface area contributed by atoms with Crippen molar-refractivity contribution in [2.75, 3.05) is 18.0 Å². The van der Waals surface area contributed by atoms with E-state index in [0.717, 1.165) is 32.4 Å². The molecule has 0 aromatic heterocycles. The van der Waals surface area contributed by atoms with Gasteiger partial charge in [-0.25, -0.2) is 0 Å². The summed E-state index contributed by atoms with van der Waals surface area (Å²) in [6.07, 6.45) is 7.84. The molecule has 1 saturated heterocycles. The Kier molecular flexibility index (Phi) is 6.10. The first-order valence-electron chi connectivity index (χ1n) is 8.69. The van der Waals surface area contributed by atoms with Crippen molar-refractivity contribution >= 4 is 5.69 Å². The number of nitrogens with zero attached hydrogens (tertiary/aromatic N) is 1. The van der Waals surface area contributed by atoms with E-state index in [4.69, 9.17) is 0 Å². The number of aliphatic hydroxyl groups is 1. The second-order valence-electron chi connectivity index (χ2n) is 6.67. The number of piperidine rings is 1. The molecule has 1 aromatic rings. The first kappa shape index (κ1) is 16.4. The second kappa shape index (κ2) is 7.84. The van der Waals surface area contributed by atoms with Gasteiger partial charge in [-0.2, -0.15) is 0 Å². The molecule has 0 amide bonds. The van der Waals surface area contributed by atoms with Crippen molar-refractivity contribution in [1.29, 1.82) is 0 Å². The molecular weight excluding hydrogens is 258 g/mol. The summed E-state index contributed by atoms with van der Waals surface area (Å²) in [7, 11) is 0. The van der Waals surface area contributed by atoms with Crippen molar-refractivity contribution in [2.24, 2.45) is 5.92 Å². The minimum absolute atomic E-state index is 0.431. The van der Waals surface area contributed by atoms with Crippen LogP contribution in [0.5, 0.6) is 0 Å². The number of hydrogen-bond acceptors (Lipinski definition) is 2. The smallest absolute Gasteiger partial charge is 0.0684 e. The van der Waals surface area contributed by atoms with E-state index in [2.05, 4.69) is 49.1 Å². The first-order chi connectivity index (χ1) is 10.2. The molecule has 118 valence electrons. The molecule has 1 aliphatic heterocycles. The number of hydrogen-bond donors (Lipinski definition) is 1. The lowest BCUT2D eigenvalue weighted by Crippen LogP contribution is -2.45. The van der Waals surface area contributed by atoms with E-state index in [1.807, 2.05) is 0 Å². The van der Waals surface area contributed by atoms with Crippen LogP contribution in [-0.2, 0) is 0 Å². The fourth-order valence-corrected chi connectivity index (χ4v) is 3.50. The van der Waals surface area contributed by atoms with Crippen molar-refractivity contribution in [3.63, 3.8) is 0 Å². The number of anilines is 1. The summed E-state index contributed by atoms with van der Waals surface area (Å²) in [6.45, 7) is 6.47. The highest BCUT2D eigenvalue weighted by Gasteiger charge is 2.34. The van der Waals surface area contributed by atoms with Gasteiger partial charge in [-0.1, -0.05) is 57.7 Å². The Hall–Kier alpha value is -1.02. The molecule has 1 unspecified atom stereocenters. The van der Waals surface area contributed by atoms with Crippen LogP contribution < -0.4 is 4.90 Å². The molecule has 1 fully saturated rings. The molecule has 21 heavy (non-hydrogen) atoms. The van der Waals surface area contributed by atoms with Crippen LogP contribution in [0.25, 0.3) is 0 Å². The minimum atomic E-state index is -0.431. The monoisotopic (exact) mass is 289 g/mol. The van der Waals surface area contributed by atoms with Gasteiger partial charge in [0.25, 0.3) is 0 Å². The topological polar surface area (TPSA) is 23.5 Å². The van der Waals surface area contributed by atoms with E-state index in [-0.39, 0.29) is 0 Å². The summed E-state index contributed by atoms with van der Waals surface area (Å²) < 4.78 is 0. The third-order valence-electron chi connectivity index (χ3n) is 5.03. The highest BCUT2D eigenvalue weighted by Crippen LogP contribution is 2.33. The third kappa shape index (κ3) is 4.74. The van der Waals surface area contributed by atoms with Crippen molar-refractivity contribution in [3.05, 3.63) is 30.3 Å². The maximum atomic E-state index is 10.9. The molecule has 1 heterocycles. The molecular formula is C19H31NO. The Bertz CT molecular complexity index is 395. The van der Waals surface area contributed by atoms with E-state index in [1.165, 1.54) is 31.4 Å². The number of benzene rings is 1. The van der Waals surface area contributed by atoms with Gasteiger partial charge in [0.15, 0.2) is 0 Å². The molecule has 2 rings (SSSR count). The summed E-state index contributed by atoms with van der Waals surface area (Å²) >= 11 is 0. The molecule has 2 heteroatoms. The molecule has 1 atom stereocenters. The fourth-order valence-electron chi connectivity index (χ4n) is 3.50. The van der Waals surface area contributed by atoms with Gasteiger partial charge in [0, 0.05) is 18.8 Å². The van der Waals surface area contributed by atoms with Crippen LogP contribution >= 0.6 is 0 Å². The van der Waals surface area contributed by atoms with E-state index in [0.29, 0.717) is 5.92 Å². The van der Waals surface area contributed by atoms with E-state index in [1.54, 1.807) is 0 Å². The van der Waals surface area contributed by atoms with Gasteiger partial charge >= 0.3 is 0 Å². The lowest BCUT2D eigenvalue weighted by atomic mass is 9.80. The van der Waals surface area contributed by atoms with Crippen LogP contribution in [-0.4, -0.2) is 23.8 Å². The Morgan fingerprint density at radius 2 is 1.81 bits per heavy atom. The van der Waals surface area contributed by atoms with Gasteiger partial charge in [0.05, 0.1) is 5.60 Å². The van der Waals surface area contributed by atoms with Gasteiger partial charge < -0.3 is 10.0 Å². The molecule has 0 aliphatic carbocycles. The highest BCUT2D eigenvalue weighted by molar-refractivity contribution is 5.46. The van der Waals surface area contributed by atoms with E-state index < -0.39 is 5.60 Å². The predicted octanol–water partition coefficient (Wildman–Crippen LogP) is 4.62. The summed E-state index contributed by atoms with van der Waals surface area (Å²) in [5.41, 5.74) is 0.859. The third-order valence-corrected chi connectivity index (χ3v) is 5.03. The van der Waals surface area contributed by atoms with Crippen LogP contribution in [0.15, 0.2) is 30.3 Å². The number of unbranched alkanes of at least 4 members (excludes halogenated alkanes) is 1. The Morgan fingerprint density at radius 1 is 1.14 bits per heavy atom. The molecule has 1 aliphatic rings. The largest absolute Gasteiger partial charge is 0.390 e. The SMILES string of the molecule is CCCCC(CC)CC1(O)CCN(c2ccccc2)CC1. The Balaban J connectivity index is 1.86. The van der Waals surface area contributed by atoms with Crippen molar-refractivity contribution in [3.8, 4) is 0 Å². The molecule has 0 spiro atoms. The molecule has 1 aromatic carbocycles. The molecule has 1 N–H and O–H groups in total. The molecule has 0 bridgehead atoms. The van der Waals surface area contributed by atoms with Crippen LogP contribution in [0.3, 0.4) is 0 Å². The van der Waals surface area contributed by atoms with Crippen molar-refractivity contribution in [1.82, 2.24) is 0 Å². The molecule has 0 radical (unpaired) electrons. The Morgan fingerprint density at radius 3 is 2.38 bits per heavy atom. The lowest BCUT2D eigenvalue weighted by molar-refractivity contribution is -0.00842. The van der Waals surface area contributed by atoms with Crippen molar-refractivity contribution < 1.29 is 5.11 Å². The van der Waals surface area contributed by atoms with Crippen LogP contribution in [0.1, 0.15) is 58.8 Å². The van der Waals surface area contributed by atoms with Crippen LogP contribution in [0.2, 0.25) is 0 Å². The normalized spacial score (nSPS) is 19.5. The Labute approximate surface area is 130 Å². The molecule has 2 nitrogen and oxygen atoms in total. The highest BCUT2D eigenvalue weighted by atomic mass is 16.3. The zero-order valence-corrected chi connectivity index (χ0v) is 13.7. The van der Waals surface area contributed by atoms with Gasteiger partial charge in [-0.15, -0.1) is 0 Å². The van der Waals surface area contributed by atoms with E-state index >= 15 is 0 Å². The fraction of sp³-hybridized carbons (Fsp3) is 0.684. The molecule has 0 saturated carbocycles. The maximum absolute atomic E-state index is 10.9.